The first-order chi connectivity index (χ1) is 16.4. The van der Waals surface area contributed by atoms with Gasteiger partial charge < -0.3 is 10.2 Å². The number of carbonyl (C=O) groups is 2. The fourth-order valence-corrected chi connectivity index (χ4v) is 4.75. The molecular formula is C23H29Cl2FN4O4S. The number of nitrogens with one attached hydrogen (secondary N) is 1. The Bertz CT molecular complexity index is 1150. The molecule has 0 spiro atoms. The topological polar surface area (TPSA) is 90.0 Å². The molecule has 0 aliphatic heterocycles. The largest absolute Gasteiger partial charge is 0.355 e. The fraction of sp³-hybridized carbons (Fsp3) is 0.391. The predicted octanol–water partition coefficient (Wildman–Crippen LogP) is 3.69. The van der Waals surface area contributed by atoms with Crippen molar-refractivity contribution in [1.29, 1.82) is 0 Å². The molecule has 192 valence electrons. The summed E-state index contributed by atoms with van der Waals surface area (Å²) in [4.78, 5) is 27.7. The van der Waals surface area contributed by atoms with Crippen molar-refractivity contribution >= 4 is 50.9 Å². The van der Waals surface area contributed by atoms with E-state index in [0.717, 1.165) is 20.7 Å². The normalized spacial score (nSPS) is 12.3. The van der Waals surface area contributed by atoms with Gasteiger partial charge in [-0.25, -0.2) is 8.70 Å². The van der Waals surface area contributed by atoms with Crippen molar-refractivity contribution in [2.45, 2.75) is 32.9 Å². The molecule has 2 amide bonds. The molecule has 1 N–H and O–H groups in total. The summed E-state index contributed by atoms with van der Waals surface area (Å²) in [5.41, 5.74) is 0.716. The molecule has 2 rings (SSSR count). The molecule has 0 radical (unpaired) electrons. The Morgan fingerprint density at radius 3 is 2.17 bits per heavy atom. The number of hydrogen-bond donors (Lipinski definition) is 1. The molecule has 0 aliphatic rings. The van der Waals surface area contributed by atoms with Gasteiger partial charge in [0.1, 0.15) is 18.4 Å². The number of benzene rings is 2. The lowest BCUT2D eigenvalue weighted by atomic mass is 10.1. The van der Waals surface area contributed by atoms with Crippen molar-refractivity contribution in [1.82, 2.24) is 14.5 Å². The third-order valence-electron chi connectivity index (χ3n) is 5.21. The number of hydrogen-bond acceptors (Lipinski definition) is 4. The van der Waals surface area contributed by atoms with E-state index in [-0.39, 0.29) is 29.6 Å². The van der Waals surface area contributed by atoms with E-state index in [4.69, 9.17) is 23.2 Å². The Kier molecular flexibility index (Phi) is 10.3. The van der Waals surface area contributed by atoms with E-state index in [0.29, 0.717) is 17.1 Å². The second-order valence-corrected chi connectivity index (χ2v) is 10.7. The minimum absolute atomic E-state index is 0.00929. The van der Waals surface area contributed by atoms with Crippen molar-refractivity contribution in [2.75, 3.05) is 31.5 Å². The smallest absolute Gasteiger partial charge is 0.304 e. The van der Waals surface area contributed by atoms with Gasteiger partial charge in [-0.15, -0.1) is 0 Å². The molecular weight excluding hydrogens is 518 g/mol. The van der Waals surface area contributed by atoms with E-state index in [1.807, 2.05) is 0 Å². The van der Waals surface area contributed by atoms with Crippen LogP contribution in [0.1, 0.15) is 25.8 Å². The Hall–Kier alpha value is -2.40. The fourth-order valence-electron chi connectivity index (χ4n) is 3.37. The lowest BCUT2D eigenvalue weighted by molar-refractivity contribution is -0.140. The van der Waals surface area contributed by atoms with Crippen LogP contribution in [0.15, 0.2) is 42.5 Å². The van der Waals surface area contributed by atoms with Crippen LogP contribution in [0.3, 0.4) is 0 Å². The first-order valence-electron chi connectivity index (χ1n) is 10.9. The third-order valence-corrected chi connectivity index (χ3v) is 7.77. The van der Waals surface area contributed by atoms with Gasteiger partial charge in [-0.05, 0) is 55.3 Å². The van der Waals surface area contributed by atoms with E-state index in [2.05, 4.69) is 5.32 Å². The van der Waals surface area contributed by atoms with Gasteiger partial charge in [0.2, 0.25) is 11.8 Å². The van der Waals surface area contributed by atoms with Crippen LogP contribution in [0.25, 0.3) is 0 Å². The van der Waals surface area contributed by atoms with Crippen LogP contribution in [0.5, 0.6) is 0 Å². The lowest BCUT2D eigenvalue weighted by Gasteiger charge is -2.33. The highest BCUT2D eigenvalue weighted by atomic mass is 35.5. The van der Waals surface area contributed by atoms with Crippen LogP contribution in [-0.2, 0) is 26.3 Å². The van der Waals surface area contributed by atoms with Gasteiger partial charge in [0.15, 0.2) is 0 Å². The number of nitrogens with zero attached hydrogens (tertiary/aromatic N) is 3. The Morgan fingerprint density at radius 1 is 1.03 bits per heavy atom. The maximum atomic E-state index is 13.6. The van der Waals surface area contributed by atoms with Gasteiger partial charge in [-0.2, -0.15) is 12.7 Å². The maximum Gasteiger partial charge on any atom is 0.304 e. The molecule has 1 atom stereocenters. The van der Waals surface area contributed by atoms with Gasteiger partial charge in [0, 0.05) is 27.2 Å². The molecule has 35 heavy (non-hydrogen) atoms. The summed E-state index contributed by atoms with van der Waals surface area (Å²) in [6.45, 7) is 3.26. The summed E-state index contributed by atoms with van der Waals surface area (Å²) in [6.07, 6.45) is 0.288. The van der Waals surface area contributed by atoms with Crippen molar-refractivity contribution in [2.24, 2.45) is 0 Å². The van der Waals surface area contributed by atoms with Gasteiger partial charge >= 0.3 is 10.2 Å². The molecule has 2 aromatic rings. The van der Waals surface area contributed by atoms with E-state index >= 15 is 0 Å². The summed E-state index contributed by atoms with van der Waals surface area (Å²) in [5, 5.41) is 3.34. The first kappa shape index (κ1) is 28.8. The molecule has 0 aliphatic carbocycles. The predicted molar refractivity (Wildman–Crippen MR) is 136 cm³/mol. The van der Waals surface area contributed by atoms with Gasteiger partial charge in [0.05, 0.1) is 15.7 Å². The zero-order valence-electron chi connectivity index (χ0n) is 20.0. The molecule has 8 nitrogen and oxygen atoms in total. The third kappa shape index (κ3) is 7.30. The lowest BCUT2D eigenvalue weighted by Crippen LogP contribution is -2.53. The zero-order valence-corrected chi connectivity index (χ0v) is 22.3. The highest BCUT2D eigenvalue weighted by Gasteiger charge is 2.33. The second-order valence-electron chi connectivity index (χ2n) is 7.86. The maximum absolute atomic E-state index is 13.6. The summed E-state index contributed by atoms with van der Waals surface area (Å²) >= 11 is 12.1. The first-order valence-corrected chi connectivity index (χ1v) is 13.0. The van der Waals surface area contributed by atoms with E-state index in [1.165, 1.54) is 31.1 Å². The van der Waals surface area contributed by atoms with Crippen molar-refractivity contribution in [3.63, 3.8) is 0 Å². The average Bonchev–Trinajstić information content (AvgIpc) is 2.80. The summed E-state index contributed by atoms with van der Waals surface area (Å²) in [5.74, 6) is -1.54. The van der Waals surface area contributed by atoms with Crippen molar-refractivity contribution in [3.8, 4) is 0 Å². The zero-order chi connectivity index (χ0) is 26.3. The van der Waals surface area contributed by atoms with E-state index in [9.17, 15) is 22.4 Å². The summed E-state index contributed by atoms with van der Waals surface area (Å²) in [6, 6.07) is 8.73. The van der Waals surface area contributed by atoms with Crippen molar-refractivity contribution in [3.05, 3.63) is 63.9 Å². The molecule has 12 heteroatoms. The molecule has 0 unspecified atom stereocenters. The number of amides is 2. The molecule has 0 saturated carbocycles. The van der Waals surface area contributed by atoms with Crippen LogP contribution in [0.2, 0.25) is 10.0 Å². The van der Waals surface area contributed by atoms with Crippen LogP contribution < -0.4 is 9.62 Å². The van der Waals surface area contributed by atoms with Gasteiger partial charge in [-0.3, -0.25) is 9.59 Å². The molecule has 0 fully saturated rings. The van der Waals surface area contributed by atoms with Crippen LogP contribution >= 0.6 is 23.2 Å². The Balaban J connectivity index is 2.50. The molecule has 0 heterocycles. The number of carbonyl (C=O) groups excluding carboxylic acids is 2. The van der Waals surface area contributed by atoms with Crippen LogP contribution in [-0.4, -0.2) is 62.7 Å². The molecule has 0 bridgehead atoms. The minimum atomic E-state index is -4.12. The highest BCUT2D eigenvalue weighted by Crippen LogP contribution is 2.25. The minimum Gasteiger partial charge on any atom is -0.355 e. The Labute approximate surface area is 215 Å². The molecule has 0 saturated heterocycles. The van der Waals surface area contributed by atoms with Gasteiger partial charge in [0.25, 0.3) is 0 Å². The number of rotatable bonds is 11. The summed E-state index contributed by atoms with van der Waals surface area (Å²) in [7, 11) is -1.47. The van der Waals surface area contributed by atoms with Crippen molar-refractivity contribution < 1.29 is 22.4 Å². The monoisotopic (exact) mass is 546 g/mol. The van der Waals surface area contributed by atoms with Gasteiger partial charge in [-0.1, -0.05) is 36.2 Å². The average molecular weight is 547 g/mol. The highest BCUT2D eigenvalue weighted by molar-refractivity contribution is 7.90. The molecule has 0 aromatic heterocycles. The molecule has 2 aromatic carbocycles. The summed E-state index contributed by atoms with van der Waals surface area (Å²) < 4.78 is 41.5. The van der Waals surface area contributed by atoms with E-state index < -0.39 is 34.5 Å². The second kappa shape index (κ2) is 12.5. The number of halogens is 3. The van der Waals surface area contributed by atoms with Crippen LogP contribution in [0.4, 0.5) is 10.1 Å². The quantitative estimate of drug-likeness (QED) is 0.465. The van der Waals surface area contributed by atoms with E-state index in [1.54, 1.807) is 32.0 Å². The number of anilines is 1. The number of likely N-dealkylation sites (N-methyl/N-ethyl adjacent to an activating group) is 1. The Morgan fingerprint density at radius 2 is 1.66 bits per heavy atom. The SMILES string of the molecule is CCNC(=O)[C@H](CC)N(Cc1ccc(Cl)c(Cl)c1)C(=O)CN(c1ccc(F)cc1)S(=O)(=O)N(C)C. The standard InChI is InChI=1S/C23H29Cl2FN4O4S/c1-5-21(23(32)27-6-2)29(14-16-7-12-19(24)20(25)13-16)22(31)15-30(35(33,34)28(3)4)18-10-8-17(26)9-11-18/h7-13,21H,5-6,14-15H2,1-4H3,(H,27,32)/t21-/m0/s1. The van der Waals surface area contributed by atoms with Crippen LogP contribution in [0, 0.1) is 5.82 Å².